The van der Waals surface area contributed by atoms with E-state index in [1.165, 1.54) is 17.7 Å². The van der Waals surface area contributed by atoms with Crippen LogP contribution in [0.1, 0.15) is 28.3 Å². The third-order valence-electron chi connectivity index (χ3n) is 3.95. The highest BCUT2D eigenvalue weighted by Crippen LogP contribution is 2.29. The molecule has 2 aromatic heterocycles. The molecule has 0 atom stereocenters. The minimum Gasteiger partial charge on any atom is -0.477 e. The molecule has 0 aliphatic heterocycles. The van der Waals surface area contributed by atoms with Gasteiger partial charge < -0.3 is 15.4 Å². The summed E-state index contributed by atoms with van der Waals surface area (Å²) in [6.45, 7) is 4.34. The highest BCUT2D eigenvalue weighted by molar-refractivity contribution is 7.11. The second-order valence-corrected chi connectivity index (χ2v) is 7.55. The molecular formula is C18H25N5OS. The van der Waals surface area contributed by atoms with Crippen LogP contribution in [0.5, 0.6) is 5.88 Å². The number of rotatable bonds is 8. The molecule has 1 aliphatic rings. The SMILES string of the molecule is CN=C(NCCc1ncc(C)s1)NCc1ccc(OCC2CC2)nc1. The molecule has 3 rings (SSSR count). The largest absolute Gasteiger partial charge is 0.477 e. The van der Waals surface area contributed by atoms with Gasteiger partial charge in [0.05, 0.1) is 11.6 Å². The molecule has 2 N–H and O–H groups in total. The van der Waals surface area contributed by atoms with Gasteiger partial charge in [0.2, 0.25) is 5.88 Å². The molecule has 0 saturated heterocycles. The average Bonchev–Trinajstić information content (AvgIpc) is 3.37. The Balaban J connectivity index is 1.38. The van der Waals surface area contributed by atoms with Crippen LogP contribution in [0, 0.1) is 12.8 Å². The first-order valence-electron chi connectivity index (χ1n) is 8.66. The highest BCUT2D eigenvalue weighted by Gasteiger charge is 2.21. The average molecular weight is 359 g/mol. The first kappa shape index (κ1) is 17.7. The fraction of sp³-hybridized carbons (Fsp3) is 0.500. The Morgan fingerprint density at radius 3 is 2.80 bits per heavy atom. The zero-order chi connectivity index (χ0) is 17.5. The minimum atomic E-state index is 0.673. The Morgan fingerprint density at radius 2 is 2.16 bits per heavy atom. The van der Waals surface area contributed by atoms with Crippen molar-refractivity contribution in [1.29, 1.82) is 0 Å². The van der Waals surface area contributed by atoms with Crippen LogP contribution in [-0.2, 0) is 13.0 Å². The maximum Gasteiger partial charge on any atom is 0.213 e. The van der Waals surface area contributed by atoms with Crippen molar-refractivity contribution >= 4 is 17.3 Å². The molecule has 1 saturated carbocycles. The number of hydrogen-bond donors (Lipinski definition) is 2. The third-order valence-corrected chi connectivity index (χ3v) is 4.92. The second kappa shape index (κ2) is 8.80. The van der Waals surface area contributed by atoms with Gasteiger partial charge in [-0.1, -0.05) is 6.07 Å². The fourth-order valence-electron chi connectivity index (χ4n) is 2.30. The topological polar surface area (TPSA) is 71.4 Å². The number of aryl methyl sites for hydroxylation is 1. The lowest BCUT2D eigenvalue weighted by Crippen LogP contribution is -2.37. The van der Waals surface area contributed by atoms with Crippen molar-refractivity contribution in [3.8, 4) is 5.88 Å². The van der Waals surface area contributed by atoms with Crippen molar-refractivity contribution in [3.05, 3.63) is 40.0 Å². The number of pyridine rings is 1. The van der Waals surface area contributed by atoms with Crippen LogP contribution in [0.15, 0.2) is 29.5 Å². The molecule has 6 nitrogen and oxygen atoms in total. The van der Waals surface area contributed by atoms with Gasteiger partial charge in [-0.2, -0.15) is 0 Å². The molecule has 25 heavy (non-hydrogen) atoms. The van der Waals surface area contributed by atoms with E-state index in [-0.39, 0.29) is 0 Å². The number of aromatic nitrogens is 2. The third kappa shape index (κ3) is 6.01. The van der Waals surface area contributed by atoms with E-state index >= 15 is 0 Å². The van der Waals surface area contributed by atoms with Gasteiger partial charge in [-0.05, 0) is 31.2 Å². The number of nitrogens with zero attached hydrogens (tertiary/aromatic N) is 3. The maximum atomic E-state index is 5.66. The smallest absolute Gasteiger partial charge is 0.213 e. The summed E-state index contributed by atoms with van der Waals surface area (Å²) in [6.07, 6.45) is 7.24. The van der Waals surface area contributed by atoms with Crippen molar-refractivity contribution in [2.45, 2.75) is 32.7 Å². The molecule has 0 unspecified atom stereocenters. The van der Waals surface area contributed by atoms with E-state index in [1.54, 1.807) is 18.4 Å². The number of aliphatic imine (C=N–C) groups is 1. The number of thiazole rings is 1. The zero-order valence-electron chi connectivity index (χ0n) is 14.8. The normalized spacial score (nSPS) is 14.4. The summed E-state index contributed by atoms with van der Waals surface area (Å²) in [6, 6.07) is 3.97. The predicted octanol–water partition coefficient (Wildman–Crippen LogP) is 2.54. The van der Waals surface area contributed by atoms with Gasteiger partial charge in [-0.3, -0.25) is 4.99 Å². The van der Waals surface area contributed by atoms with E-state index in [0.29, 0.717) is 12.4 Å². The number of nitrogens with one attached hydrogen (secondary N) is 2. The first-order valence-corrected chi connectivity index (χ1v) is 9.48. The van der Waals surface area contributed by atoms with Gasteiger partial charge in [0.25, 0.3) is 0 Å². The molecule has 0 aromatic carbocycles. The van der Waals surface area contributed by atoms with E-state index < -0.39 is 0 Å². The van der Waals surface area contributed by atoms with E-state index in [9.17, 15) is 0 Å². The van der Waals surface area contributed by atoms with Crippen LogP contribution in [0.2, 0.25) is 0 Å². The molecule has 0 bridgehead atoms. The van der Waals surface area contributed by atoms with E-state index in [4.69, 9.17) is 4.74 Å². The monoisotopic (exact) mass is 359 g/mol. The number of hydrogen-bond acceptors (Lipinski definition) is 5. The van der Waals surface area contributed by atoms with Gasteiger partial charge in [0.1, 0.15) is 0 Å². The lowest BCUT2D eigenvalue weighted by Gasteiger charge is -2.11. The van der Waals surface area contributed by atoms with Crippen LogP contribution in [-0.4, -0.2) is 36.1 Å². The summed E-state index contributed by atoms with van der Waals surface area (Å²) in [4.78, 5) is 14.2. The molecule has 2 heterocycles. The lowest BCUT2D eigenvalue weighted by molar-refractivity contribution is 0.288. The van der Waals surface area contributed by atoms with Crippen LogP contribution >= 0.6 is 11.3 Å². The first-order chi connectivity index (χ1) is 12.2. The fourth-order valence-corrected chi connectivity index (χ4v) is 3.09. The second-order valence-electron chi connectivity index (χ2n) is 6.23. The van der Waals surface area contributed by atoms with Crippen LogP contribution < -0.4 is 15.4 Å². The summed E-state index contributed by atoms with van der Waals surface area (Å²) in [5.74, 6) is 2.23. The van der Waals surface area contributed by atoms with Crippen molar-refractivity contribution in [2.75, 3.05) is 20.2 Å². The van der Waals surface area contributed by atoms with Crippen molar-refractivity contribution < 1.29 is 4.74 Å². The molecule has 2 aromatic rings. The van der Waals surface area contributed by atoms with E-state index in [0.717, 1.165) is 42.0 Å². The van der Waals surface area contributed by atoms with Crippen molar-refractivity contribution in [1.82, 2.24) is 20.6 Å². The van der Waals surface area contributed by atoms with Gasteiger partial charge in [0.15, 0.2) is 5.96 Å². The molecule has 0 amide bonds. The molecule has 1 aliphatic carbocycles. The molecule has 1 fully saturated rings. The van der Waals surface area contributed by atoms with Gasteiger partial charge in [-0.25, -0.2) is 9.97 Å². The summed E-state index contributed by atoms with van der Waals surface area (Å²) in [7, 11) is 1.77. The summed E-state index contributed by atoms with van der Waals surface area (Å²) in [5.41, 5.74) is 1.09. The molecule has 7 heteroatoms. The summed E-state index contributed by atoms with van der Waals surface area (Å²) < 4.78 is 5.66. The quantitative estimate of drug-likeness (QED) is 0.560. The zero-order valence-corrected chi connectivity index (χ0v) is 15.6. The number of guanidine groups is 1. The summed E-state index contributed by atoms with van der Waals surface area (Å²) >= 11 is 1.74. The Morgan fingerprint density at radius 1 is 1.28 bits per heavy atom. The van der Waals surface area contributed by atoms with Crippen molar-refractivity contribution in [2.24, 2.45) is 10.9 Å². The Bertz CT molecular complexity index is 694. The van der Waals surface area contributed by atoms with Crippen LogP contribution in [0.3, 0.4) is 0 Å². The molecule has 0 radical (unpaired) electrons. The van der Waals surface area contributed by atoms with E-state index in [1.807, 2.05) is 24.5 Å². The Hall–Kier alpha value is -2.15. The van der Waals surface area contributed by atoms with Gasteiger partial charge in [0, 0.05) is 49.9 Å². The van der Waals surface area contributed by atoms with Crippen molar-refractivity contribution in [3.63, 3.8) is 0 Å². The molecular weight excluding hydrogens is 334 g/mol. The molecule has 0 spiro atoms. The highest BCUT2D eigenvalue weighted by atomic mass is 32.1. The van der Waals surface area contributed by atoms with E-state index in [2.05, 4.69) is 32.5 Å². The Kier molecular flexibility index (Phi) is 6.22. The standard InChI is InChI=1S/C18H25N5OS/c1-13-9-22-17(25-13)7-8-20-18(19-2)23-11-15-5-6-16(21-10-15)24-12-14-3-4-14/h5-6,9-10,14H,3-4,7-8,11-12H2,1-2H3,(H2,19,20,23). The summed E-state index contributed by atoms with van der Waals surface area (Å²) in [5, 5.41) is 7.75. The minimum absolute atomic E-state index is 0.673. The maximum absolute atomic E-state index is 5.66. The molecule has 134 valence electrons. The van der Waals surface area contributed by atoms with Gasteiger partial charge in [-0.15, -0.1) is 11.3 Å². The lowest BCUT2D eigenvalue weighted by atomic mass is 10.3. The van der Waals surface area contributed by atoms with Crippen LogP contribution in [0.25, 0.3) is 0 Å². The predicted molar refractivity (Wildman–Crippen MR) is 101 cm³/mol. The van der Waals surface area contributed by atoms with Gasteiger partial charge >= 0.3 is 0 Å². The van der Waals surface area contributed by atoms with Crippen LogP contribution in [0.4, 0.5) is 0 Å². The number of ether oxygens (including phenoxy) is 1. The Labute approximate surface area is 152 Å².